The minimum atomic E-state index is -1.12. The summed E-state index contributed by atoms with van der Waals surface area (Å²) in [6, 6.07) is 3.72. The van der Waals surface area contributed by atoms with Gasteiger partial charge in [-0.25, -0.2) is 0 Å². The van der Waals surface area contributed by atoms with Crippen molar-refractivity contribution in [1.82, 2.24) is 0 Å². The first-order valence-electron chi connectivity index (χ1n) is 6.24. The minimum absolute atomic E-state index is 0.228. The summed E-state index contributed by atoms with van der Waals surface area (Å²) in [7, 11) is 0. The quantitative estimate of drug-likeness (QED) is 0.820. The first-order chi connectivity index (χ1) is 9.08. The smallest absolute Gasteiger partial charge is 0.257 e. The van der Waals surface area contributed by atoms with Crippen molar-refractivity contribution in [2.75, 3.05) is 30.0 Å². The Labute approximate surface area is 116 Å². The van der Waals surface area contributed by atoms with Gasteiger partial charge in [0.15, 0.2) is 6.10 Å². The van der Waals surface area contributed by atoms with E-state index in [1.54, 1.807) is 6.07 Å². The van der Waals surface area contributed by atoms with Gasteiger partial charge in [0.2, 0.25) is 0 Å². The van der Waals surface area contributed by atoms with E-state index in [0.717, 1.165) is 12.2 Å². The molecule has 5 nitrogen and oxygen atoms in total. The molecule has 1 fully saturated rings. The molecule has 2 aliphatic heterocycles. The Kier molecular flexibility index (Phi) is 3.12. The average molecular weight is 283 g/mol. The van der Waals surface area contributed by atoms with Crippen LogP contribution < -0.4 is 10.2 Å². The van der Waals surface area contributed by atoms with Crippen molar-refractivity contribution < 1.29 is 14.6 Å². The Hall–Kier alpha value is -1.30. The number of aliphatic hydroxyl groups excluding tert-OH is 1. The van der Waals surface area contributed by atoms with Crippen LogP contribution in [-0.4, -0.2) is 36.8 Å². The van der Waals surface area contributed by atoms with Crippen molar-refractivity contribution >= 4 is 28.9 Å². The number of rotatable bonds is 1. The number of benzene rings is 1. The van der Waals surface area contributed by atoms with E-state index >= 15 is 0 Å². The molecule has 2 atom stereocenters. The van der Waals surface area contributed by atoms with Gasteiger partial charge in [0.1, 0.15) is 0 Å². The van der Waals surface area contributed by atoms with Crippen LogP contribution in [0, 0.1) is 0 Å². The lowest BCUT2D eigenvalue weighted by atomic mass is 10.1. The second-order valence-corrected chi connectivity index (χ2v) is 5.31. The highest BCUT2D eigenvalue weighted by atomic mass is 35.5. The van der Waals surface area contributed by atoms with E-state index in [9.17, 15) is 9.90 Å². The van der Waals surface area contributed by atoms with Crippen LogP contribution in [0.4, 0.5) is 11.4 Å². The molecule has 6 heteroatoms. The lowest BCUT2D eigenvalue weighted by Crippen LogP contribution is -2.43. The van der Waals surface area contributed by atoms with Crippen molar-refractivity contribution in [2.24, 2.45) is 0 Å². The molecule has 3 rings (SSSR count). The molecule has 0 spiro atoms. The summed E-state index contributed by atoms with van der Waals surface area (Å²) >= 11 is 6.29. The summed E-state index contributed by atoms with van der Waals surface area (Å²) < 4.78 is 5.41. The molecule has 0 bridgehead atoms. The molecule has 19 heavy (non-hydrogen) atoms. The van der Waals surface area contributed by atoms with Gasteiger partial charge in [-0.15, -0.1) is 0 Å². The van der Waals surface area contributed by atoms with Gasteiger partial charge < -0.3 is 20.1 Å². The van der Waals surface area contributed by atoms with Crippen LogP contribution in [0.5, 0.6) is 0 Å². The van der Waals surface area contributed by atoms with Crippen LogP contribution in [0.3, 0.4) is 0 Å². The van der Waals surface area contributed by atoms with Crippen molar-refractivity contribution in [3.63, 3.8) is 0 Å². The van der Waals surface area contributed by atoms with E-state index in [2.05, 4.69) is 17.1 Å². The number of amides is 1. The number of morpholine rings is 1. The van der Waals surface area contributed by atoms with Crippen molar-refractivity contribution in [2.45, 2.75) is 19.1 Å². The maximum Gasteiger partial charge on any atom is 0.257 e. The number of aliphatic hydroxyl groups is 1. The van der Waals surface area contributed by atoms with E-state index in [0.29, 0.717) is 29.5 Å². The van der Waals surface area contributed by atoms with E-state index in [1.165, 1.54) is 0 Å². The van der Waals surface area contributed by atoms with Crippen LogP contribution in [0.25, 0.3) is 0 Å². The van der Waals surface area contributed by atoms with Crippen LogP contribution in [-0.2, 0) is 9.53 Å². The summed E-state index contributed by atoms with van der Waals surface area (Å²) in [5.74, 6) is -0.404. The number of anilines is 2. The monoisotopic (exact) mass is 282 g/mol. The maximum absolute atomic E-state index is 11.5. The topological polar surface area (TPSA) is 61.8 Å². The predicted octanol–water partition coefficient (Wildman–Crippen LogP) is 1.55. The third-order valence-electron chi connectivity index (χ3n) is 3.60. The number of halogens is 1. The van der Waals surface area contributed by atoms with Gasteiger partial charge in [-0.2, -0.15) is 0 Å². The van der Waals surface area contributed by atoms with Crippen LogP contribution in [0.1, 0.15) is 18.6 Å². The van der Waals surface area contributed by atoms with Crippen molar-refractivity contribution in [1.29, 1.82) is 0 Å². The Bertz CT molecular complexity index is 535. The van der Waals surface area contributed by atoms with Crippen molar-refractivity contribution in [3.8, 4) is 0 Å². The van der Waals surface area contributed by atoms with Gasteiger partial charge in [-0.05, 0) is 19.1 Å². The second-order valence-electron chi connectivity index (χ2n) is 4.90. The third kappa shape index (κ3) is 2.08. The standard InChI is InChI=1S/C13H15ClN2O3/c1-7-6-19-3-2-16(7)11-5-10-8(4-9(11)14)12(17)13(18)15-10/h4-5,7,12,17H,2-3,6H2,1H3,(H,15,18). The molecule has 2 N–H and O–H groups in total. The van der Waals surface area contributed by atoms with Gasteiger partial charge >= 0.3 is 0 Å². The van der Waals surface area contributed by atoms with Crippen LogP contribution in [0.2, 0.25) is 5.02 Å². The zero-order valence-corrected chi connectivity index (χ0v) is 11.3. The van der Waals surface area contributed by atoms with E-state index in [4.69, 9.17) is 16.3 Å². The Morgan fingerprint density at radius 3 is 3.05 bits per heavy atom. The second kappa shape index (κ2) is 4.67. The lowest BCUT2D eigenvalue weighted by Gasteiger charge is -2.36. The Balaban J connectivity index is 2.00. The molecule has 1 aromatic rings. The molecule has 1 amide bonds. The largest absolute Gasteiger partial charge is 0.378 e. The predicted molar refractivity (Wildman–Crippen MR) is 72.7 cm³/mol. The number of carbonyl (C=O) groups is 1. The number of hydrogen-bond acceptors (Lipinski definition) is 4. The molecule has 1 aromatic carbocycles. The highest BCUT2D eigenvalue weighted by Gasteiger charge is 2.31. The zero-order valence-electron chi connectivity index (χ0n) is 10.5. The van der Waals surface area contributed by atoms with E-state index < -0.39 is 12.0 Å². The van der Waals surface area contributed by atoms with Gasteiger partial charge in [0.25, 0.3) is 5.91 Å². The van der Waals surface area contributed by atoms with Gasteiger partial charge in [0.05, 0.1) is 23.9 Å². The minimum Gasteiger partial charge on any atom is -0.378 e. The molecular formula is C13H15ClN2O3. The average Bonchev–Trinajstić information content (AvgIpc) is 2.66. The maximum atomic E-state index is 11.5. The summed E-state index contributed by atoms with van der Waals surface area (Å²) in [5, 5.41) is 12.9. The molecular weight excluding hydrogens is 268 g/mol. The summed E-state index contributed by atoms with van der Waals surface area (Å²) in [6.45, 7) is 4.14. The molecule has 1 saturated heterocycles. The summed E-state index contributed by atoms with van der Waals surface area (Å²) in [4.78, 5) is 13.6. The normalized spacial score (nSPS) is 26.3. The van der Waals surface area contributed by atoms with E-state index in [-0.39, 0.29) is 6.04 Å². The lowest BCUT2D eigenvalue weighted by molar-refractivity contribution is -0.123. The summed E-state index contributed by atoms with van der Waals surface area (Å²) in [5.41, 5.74) is 2.04. The number of hydrogen-bond donors (Lipinski definition) is 2. The van der Waals surface area contributed by atoms with Crippen LogP contribution in [0.15, 0.2) is 12.1 Å². The molecule has 0 aromatic heterocycles. The molecule has 0 saturated carbocycles. The zero-order chi connectivity index (χ0) is 13.6. The fourth-order valence-corrected chi connectivity index (χ4v) is 2.84. The number of ether oxygens (including phenoxy) is 1. The van der Waals surface area contributed by atoms with Crippen LogP contribution >= 0.6 is 11.6 Å². The molecule has 102 valence electrons. The van der Waals surface area contributed by atoms with Crippen molar-refractivity contribution in [3.05, 3.63) is 22.7 Å². The summed E-state index contributed by atoms with van der Waals surface area (Å²) in [6.07, 6.45) is -1.12. The van der Waals surface area contributed by atoms with Gasteiger partial charge in [-0.3, -0.25) is 4.79 Å². The molecule has 2 unspecified atom stereocenters. The highest BCUT2D eigenvalue weighted by molar-refractivity contribution is 6.33. The number of nitrogens with one attached hydrogen (secondary N) is 1. The van der Waals surface area contributed by atoms with E-state index in [1.807, 2.05) is 6.07 Å². The third-order valence-corrected chi connectivity index (χ3v) is 3.90. The fraction of sp³-hybridized carbons (Fsp3) is 0.462. The number of nitrogens with zero attached hydrogens (tertiary/aromatic N) is 1. The van der Waals surface area contributed by atoms with Gasteiger partial charge in [-0.1, -0.05) is 11.6 Å². The fourth-order valence-electron chi connectivity index (χ4n) is 2.56. The Morgan fingerprint density at radius 1 is 1.53 bits per heavy atom. The first-order valence-corrected chi connectivity index (χ1v) is 6.62. The molecule has 0 aliphatic carbocycles. The SMILES string of the molecule is CC1COCCN1c1cc2c(cc1Cl)C(O)C(=O)N2. The first kappa shape index (κ1) is 12.7. The Morgan fingerprint density at radius 2 is 2.32 bits per heavy atom. The molecule has 0 radical (unpaired) electrons. The number of carbonyl (C=O) groups excluding carboxylic acids is 1. The molecule has 2 heterocycles. The number of fused-ring (bicyclic) bond motifs is 1. The molecule has 2 aliphatic rings. The highest BCUT2D eigenvalue weighted by Crippen LogP contribution is 2.39. The van der Waals surface area contributed by atoms with Gasteiger partial charge in [0, 0.05) is 23.8 Å².